The Balaban J connectivity index is 1.68. The standard InChI is InChI=1S/C15H15N5O/c1-21-14-7-5-11(6-8-14)10-16-13-4-2-3-12(9-13)15-17-19-20-18-15/h2-9,16H,10H2,1H3,(H,17,18,19,20). The van der Waals surface area contributed by atoms with Gasteiger partial charge in [-0.2, -0.15) is 5.21 Å². The molecule has 0 fully saturated rings. The largest absolute Gasteiger partial charge is 0.497 e. The van der Waals surface area contributed by atoms with Gasteiger partial charge in [0.1, 0.15) is 5.75 Å². The van der Waals surface area contributed by atoms with Crippen molar-refractivity contribution in [3.63, 3.8) is 0 Å². The molecule has 0 saturated carbocycles. The van der Waals surface area contributed by atoms with Crippen molar-refractivity contribution in [2.75, 3.05) is 12.4 Å². The highest BCUT2D eigenvalue weighted by atomic mass is 16.5. The molecule has 106 valence electrons. The van der Waals surface area contributed by atoms with Gasteiger partial charge in [0.15, 0.2) is 0 Å². The van der Waals surface area contributed by atoms with E-state index in [2.05, 4.69) is 25.9 Å². The second kappa shape index (κ2) is 6.04. The van der Waals surface area contributed by atoms with E-state index in [9.17, 15) is 0 Å². The van der Waals surface area contributed by atoms with Crippen molar-refractivity contribution in [2.45, 2.75) is 6.54 Å². The second-order valence-corrected chi connectivity index (χ2v) is 4.52. The highest BCUT2D eigenvalue weighted by molar-refractivity contribution is 5.61. The van der Waals surface area contributed by atoms with Gasteiger partial charge in [0.2, 0.25) is 5.82 Å². The van der Waals surface area contributed by atoms with Gasteiger partial charge in [0, 0.05) is 17.8 Å². The van der Waals surface area contributed by atoms with Crippen LogP contribution in [0.1, 0.15) is 5.56 Å². The van der Waals surface area contributed by atoms with Crippen LogP contribution in [0.5, 0.6) is 5.75 Å². The van der Waals surface area contributed by atoms with E-state index in [0.29, 0.717) is 5.82 Å². The first-order valence-electron chi connectivity index (χ1n) is 6.56. The third kappa shape index (κ3) is 3.17. The Morgan fingerprint density at radius 3 is 2.71 bits per heavy atom. The van der Waals surface area contributed by atoms with Gasteiger partial charge in [-0.3, -0.25) is 0 Å². The molecule has 1 aromatic heterocycles. The number of hydrogen-bond donors (Lipinski definition) is 2. The summed E-state index contributed by atoms with van der Waals surface area (Å²) in [6.45, 7) is 0.736. The van der Waals surface area contributed by atoms with Gasteiger partial charge in [-0.25, -0.2) is 0 Å². The van der Waals surface area contributed by atoms with E-state index < -0.39 is 0 Å². The molecule has 0 unspecified atom stereocenters. The van der Waals surface area contributed by atoms with Gasteiger partial charge in [-0.1, -0.05) is 24.3 Å². The molecule has 6 nitrogen and oxygen atoms in total. The first-order valence-corrected chi connectivity index (χ1v) is 6.56. The molecule has 6 heteroatoms. The smallest absolute Gasteiger partial charge is 0.204 e. The predicted octanol–water partition coefficient (Wildman–Crippen LogP) is 2.49. The molecule has 0 spiro atoms. The van der Waals surface area contributed by atoms with Crippen molar-refractivity contribution in [2.24, 2.45) is 0 Å². The van der Waals surface area contributed by atoms with E-state index >= 15 is 0 Å². The molecule has 0 aliphatic carbocycles. The van der Waals surface area contributed by atoms with E-state index in [1.54, 1.807) is 7.11 Å². The molecule has 0 atom stereocenters. The van der Waals surface area contributed by atoms with Crippen molar-refractivity contribution >= 4 is 5.69 Å². The van der Waals surface area contributed by atoms with Crippen LogP contribution in [0, 0.1) is 0 Å². The number of tetrazole rings is 1. The molecule has 3 aromatic rings. The summed E-state index contributed by atoms with van der Waals surface area (Å²) in [6.07, 6.45) is 0. The molecule has 21 heavy (non-hydrogen) atoms. The van der Waals surface area contributed by atoms with E-state index in [1.165, 1.54) is 5.56 Å². The maximum atomic E-state index is 5.15. The number of aromatic amines is 1. The first kappa shape index (κ1) is 13.1. The maximum absolute atomic E-state index is 5.15. The minimum absolute atomic E-state index is 0.586. The average Bonchev–Trinajstić information content (AvgIpc) is 3.08. The molecule has 2 aromatic carbocycles. The molecule has 0 radical (unpaired) electrons. The Labute approximate surface area is 122 Å². The Morgan fingerprint density at radius 1 is 1.14 bits per heavy atom. The number of anilines is 1. The minimum atomic E-state index is 0.586. The van der Waals surface area contributed by atoms with Crippen molar-refractivity contribution in [1.29, 1.82) is 0 Å². The zero-order chi connectivity index (χ0) is 14.5. The minimum Gasteiger partial charge on any atom is -0.497 e. The third-order valence-electron chi connectivity index (χ3n) is 3.12. The number of benzene rings is 2. The number of methoxy groups -OCH3 is 1. The monoisotopic (exact) mass is 281 g/mol. The van der Waals surface area contributed by atoms with E-state index in [1.807, 2.05) is 48.5 Å². The molecule has 3 rings (SSSR count). The number of hydrogen-bond acceptors (Lipinski definition) is 5. The van der Waals surface area contributed by atoms with Gasteiger partial charge in [-0.05, 0) is 35.0 Å². The summed E-state index contributed by atoms with van der Waals surface area (Å²) in [5.74, 6) is 1.45. The van der Waals surface area contributed by atoms with Gasteiger partial charge < -0.3 is 10.1 Å². The fourth-order valence-electron chi connectivity index (χ4n) is 2.00. The normalized spacial score (nSPS) is 10.3. The van der Waals surface area contributed by atoms with Crippen LogP contribution in [0.3, 0.4) is 0 Å². The lowest BCUT2D eigenvalue weighted by molar-refractivity contribution is 0.414. The quantitative estimate of drug-likeness (QED) is 0.751. The molecule has 0 amide bonds. The molecule has 1 heterocycles. The van der Waals surface area contributed by atoms with Gasteiger partial charge >= 0.3 is 0 Å². The summed E-state index contributed by atoms with van der Waals surface area (Å²) < 4.78 is 5.15. The van der Waals surface area contributed by atoms with Crippen LogP contribution in [0.2, 0.25) is 0 Å². The Kier molecular flexibility index (Phi) is 3.77. The zero-order valence-corrected chi connectivity index (χ0v) is 11.6. The van der Waals surface area contributed by atoms with Crippen LogP contribution in [0.4, 0.5) is 5.69 Å². The number of rotatable bonds is 5. The van der Waals surface area contributed by atoms with Crippen molar-refractivity contribution in [1.82, 2.24) is 20.6 Å². The van der Waals surface area contributed by atoms with Crippen LogP contribution >= 0.6 is 0 Å². The van der Waals surface area contributed by atoms with E-state index in [4.69, 9.17) is 4.74 Å². The summed E-state index contributed by atoms with van der Waals surface area (Å²) in [4.78, 5) is 0. The molecule has 0 bridgehead atoms. The molecule has 0 aliphatic rings. The summed E-state index contributed by atoms with van der Waals surface area (Å²) in [5, 5.41) is 17.3. The van der Waals surface area contributed by atoms with Gasteiger partial charge in [0.25, 0.3) is 0 Å². The summed E-state index contributed by atoms with van der Waals surface area (Å²) in [5.41, 5.74) is 3.11. The summed E-state index contributed by atoms with van der Waals surface area (Å²) in [7, 11) is 1.66. The molecular formula is C15H15N5O. The van der Waals surface area contributed by atoms with Crippen molar-refractivity contribution in [3.8, 4) is 17.1 Å². The van der Waals surface area contributed by atoms with Crippen molar-refractivity contribution < 1.29 is 4.74 Å². The fourth-order valence-corrected chi connectivity index (χ4v) is 2.00. The Bertz CT molecular complexity index is 694. The highest BCUT2D eigenvalue weighted by Crippen LogP contribution is 2.19. The molecule has 0 aliphatic heterocycles. The first-order chi connectivity index (χ1) is 10.3. The molecule has 0 saturated heterocycles. The van der Waals surface area contributed by atoms with Crippen LogP contribution in [0.25, 0.3) is 11.4 Å². The number of nitrogens with zero attached hydrogens (tertiary/aromatic N) is 3. The Morgan fingerprint density at radius 2 is 2.00 bits per heavy atom. The van der Waals surface area contributed by atoms with Crippen LogP contribution in [0.15, 0.2) is 48.5 Å². The maximum Gasteiger partial charge on any atom is 0.204 e. The van der Waals surface area contributed by atoms with Crippen LogP contribution < -0.4 is 10.1 Å². The number of aromatic nitrogens is 4. The average molecular weight is 281 g/mol. The van der Waals surface area contributed by atoms with Crippen molar-refractivity contribution in [3.05, 3.63) is 54.1 Å². The second-order valence-electron chi connectivity index (χ2n) is 4.52. The fraction of sp³-hybridized carbons (Fsp3) is 0.133. The number of H-pyrrole nitrogens is 1. The lowest BCUT2D eigenvalue weighted by Crippen LogP contribution is -1.99. The third-order valence-corrected chi connectivity index (χ3v) is 3.12. The summed E-state index contributed by atoms with van der Waals surface area (Å²) in [6, 6.07) is 15.9. The SMILES string of the molecule is COc1ccc(CNc2cccc(-c3nn[nH]n3)c2)cc1. The zero-order valence-electron chi connectivity index (χ0n) is 11.6. The predicted molar refractivity (Wildman–Crippen MR) is 79.9 cm³/mol. The summed E-state index contributed by atoms with van der Waals surface area (Å²) >= 11 is 0. The highest BCUT2D eigenvalue weighted by Gasteiger charge is 2.03. The molecule has 2 N–H and O–H groups in total. The van der Waals surface area contributed by atoms with E-state index in [0.717, 1.165) is 23.5 Å². The lowest BCUT2D eigenvalue weighted by Gasteiger charge is -2.08. The van der Waals surface area contributed by atoms with Gasteiger partial charge in [-0.15, -0.1) is 10.2 Å². The number of ether oxygens (including phenoxy) is 1. The topological polar surface area (TPSA) is 75.7 Å². The van der Waals surface area contributed by atoms with Crippen LogP contribution in [-0.2, 0) is 6.54 Å². The molecular weight excluding hydrogens is 266 g/mol. The Hall–Kier alpha value is -2.89. The van der Waals surface area contributed by atoms with Gasteiger partial charge in [0.05, 0.1) is 7.11 Å². The van der Waals surface area contributed by atoms with E-state index in [-0.39, 0.29) is 0 Å². The van der Waals surface area contributed by atoms with Crippen LogP contribution in [-0.4, -0.2) is 27.7 Å². The number of nitrogens with one attached hydrogen (secondary N) is 2. The lowest BCUT2D eigenvalue weighted by atomic mass is 10.1.